The highest BCUT2D eigenvalue weighted by Crippen LogP contribution is 2.29. The lowest BCUT2D eigenvalue weighted by molar-refractivity contribution is 0.101. The third-order valence-electron chi connectivity index (χ3n) is 5.14. The number of piperidine rings is 1. The van der Waals surface area contributed by atoms with E-state index < -0.39 is 0 Å². The van der Waals surface area contributed by atoms with Gasteiger partial charge >= 0.3 is 0 Å². The average molecular weight is 349 g/mol. The summed E-state index contributed by atoms with van der Waals surface area (Å²) in [5, 5.41) is 13.9. The number of aliphatic hydroxyl groups is 1. The van der Waals surface area contributed by atoms with Crippen LogP contribution in [-0.4, -0.2) is 34.8 Å². The molecule has 134 valence electrons. The first-order valence-corrected chi connectivity index (χ1v) is 9.01. The van der Waals surface area contributed by atoms with Crippen molar-refractivity contribution in [3.8, 4) is 0 Å². The molecule has 2 N–H and O–H groups in total. The summed E-state index contributed by atoms with van der Waals surface area (Å²) >= 11 is 0. The molecule has 4 rings (SSSR count). The third kappa shape index (κ3) is 3.06. The molecule has 0 radical (unpaired) electrons. The van der Waals surface area contributed by atoms with Crippen LogP contribution in [0.5, 0.6) is 0 Å². The van der Waals surface area contributed by atoms with Crippen LogP contribution < -0.4 is 10.2 Å². The molecule has 0 aliphatic carbocycles. The normalized spacial score (nSPS) is 15.4. The number of para-hydroxylation sites is 3. The number of hydrogen-bond donors (Lipinski definition) is 2. The molecule has 0 unspecified atom stereocenters. The minimum Gasteiger partial charge on any atom is -0.393 e. The van der Waals surface area contributed by atoms with Gasteiger partial charge in [-0.15, -0.1) is 0 Å². The van der Waals surface area contributed by atoms with E-state index >= 15 is 0 Å². The van der Waals surface area contributed by atoms with Gasteiger partial charge in [0.1, 0.15) is 5.69 Å². The van der Waals surface area contributed by atoms with Crippen molar-refractivity contribution in [3.05, 3.63) is 60.3 Å². The van der Waals surface area contributed by atoms with Crippen molar-refractivity contribution in [1.29, 1.82) is 0 Å². The monoisotopic (exact) mass is 349 g/mol. The zero-order valence-electron chi connectivity index (χ0n) is 14.9. The molecule has 1 amide bonds. The highest BCUT2D eigenvalue weighted by molar-refractivity contribution is 6.07. The van der Waals surface area contributed by atoms with E-state index in [0.29, 0.717) is 5.69 Å². The first kappa shape index (κ1) is 16.7. The quantitative estimate of drug-likeness (QED) is 0.762. The van der Waals surface area contributed by atoms with Crippen molar-refractivity contribution in [2.75, 3.05) is 23.3 Å². The number of benzene rings is 2. The van der Waals surface area contributed by atoms with Crippen LogP contribution in [0.2, 0.25) is 0 Å². The van der Waals surface area contributed by atoms with Crippen LogP contribution in [0.3, 0.4) is 0 Å². The van der Waals surface area contributed by atoms with Gasteiger partial charge in [0, 0.05) is 31.0 Å². The number of aryl methyl sites for hydroxylation is 1. The third-order valence-corrected chi connectivity index (χ3v) is 5.14. The maximum atomic E-state index is 12.9. The van der Waals surface area contributed by atoms with Crippen molar-refractivity contribution in [1.82, 2.24) is 4.57 Å². The van der Waals surface area contributed by atoms with Crippen LogP contribution in [0.4, 0.5) is 11.4 Å². The molecule has 1 aliphatic rings. The first-order chi connectivity index (χ1) is 12.6. The highest BCUT2D eigenvalue weighted by Gasteiger charge is 2.21. The number of carbonyl (C=O) groups is 1. The SMILES string of the molecule is Cn1c(C(=O)Nc2ccccc2N2CCC(O)CC2)cc2ccccc21. The second-order valence-electron chi connectivity index (χ2n) is 6.84. The zero-order chi connectivity index (χ0) is 18.1. The van der Waals surface area contributed by atoms with Gasteiger partial charge in [-0.1, -0.05) is 30.3 Å². The molecular weight excluding hydrogens is 326 g/mol. The summed E-state index contributed by atoms with van der Waals surface area (Å²) in [4.78, 5) is 15.1. The summed E-state index contributed by atoms with van der Waals surface area (Å²) in [6.45, 7) is 1.59. The summed E-state index contributed by atoms with van der Waals surface area (Å²) in [6, 6.07) is 17.8. The number of carbonyl (C=O) groups excluding carboxylic acids is 1. The molecule has 1 aromatic heterocycles. The summed E-state index contributed by atoms with van der Waals surface area (Å²) in [7, 11) is 1.91. The summed E-state index contributed by atoms with van der Waals surface area (Å²) in [5.41, 5.74) is 3.48. The number of nitrogens with one attached hydrogen (secondary N) is 1. The first-order valence-electron chi connectivity index (χ1n) is 9.01. The number of rotatable bonds is 3. The molecule has 1 saturated heterocycles. The topological polar surface area (TPSA) is 57.5 Å². The van der Waals surface area contributed by atoms with Gasteiger partial charge in [-0.25, -0.2) is 0 Å². The molecule has 5 nitrogen and oxygen atoms in total. The van der Waals surface area contributed by atoms with Gasteiger partial charge in [0.2, 0.25) is 0 Å². The Hall–Kier alpha value is -2.79. The standard InChI is InChI=1S/C21H23N3O2/c1-23-18-8-4-2-6-15(18)14-20(23)21(26)22-17-7-3-5-9-19(17)24-12-10-16(25)11-13-24/h2-9,14,16,25H,10-13H2,1H3,(H,22,26). The van der Waals surface area contributed by atoms with Gasteiger partial charge < -0.3 is 19.9 Å². The van der Waals surface area contributed by atoms with Crippen molar-refractivity contribution < 1.29 is 9.90 Å². The van der Waals surface area contributed by atoms with Crippen LogP contribution in [0.25, 0.3) is 10.9 Å². The van der Waals surface area contributed by atoms with Crippen LogP contribution in [-0.2, 0) is 7.05 Å². The van der Waals surface area contributed by atoms with Gasteiger partial charge in [-0.2, -0.15) is 0 Å². The number of anilines is 2. The smallest absolute Gasteiger partial charge is 0.272 e. The fraction of sp³-hybridized carbons (Fsp3) is 0.286. The molecule has 0 bridgehead atoms. The molecule has 0 spiro atoms. The number of hydrogen-bond acceptors (Lipinski definition) is 3. The lowest BCUT2D eigenvalue weighted by Crippen LogP contribution is -2.36. The predicted octanol–water partition coefficient (Wildman–Crippen LogP) is 3.39. The van der Waals surface area contributed by atoms with Crippen LogP contribution in [0.1, 0.15) is 23.3 Å². The maximum Gasteiger partial charge on any atom is 0.272 e. The number of nitrogens with zero attached hydrogens (tertiary/aromatic N) is 2. The van der Waals surface area contributed by atoms with Gasteiger partial charge in [0.15, 0.2) is 0 Å². The Morgan fingerprint density at radius 3 is 2.54 bits per heavy atom. The van der Waals surface area contributed by atoms with Crippen molar-refractivity contribution in [3.63, 3.8) is 0 Å². The summed E-state index contributed by atoms with van der Waals surface area (Å²) in [5.74, 6) is -0.117. The highest BCUT2D eigenvalue weighted by atomic mass is 16.3. The number of amides is 1. The molecule has 5 heteroatoms. The minimum absolute atomic E-state index is 0.117. The average Bonchev–Trinajstić information content (AvgIpc) is 3.00. The van der Waals surface area contributed by atoms with Crippen LogP contribution in [0.15, 0.2) is 54.6 Å². The van der Waals surface area contributed by atoms with E-state index in [1.54, 1.807) is 0 Å². The van der Waals surface area contributed by atoms with E-state index in [4.69, 9.17) is 0 Å². The van der Waals surface area contributed by atoms with E-state index in [9.17, 15) is 9.90 Å². The Morgan fingerprint density at radius 2 is 1.77 bits per heavy atom. The molecule has 1 aliphatic heterocycles. The van der Waals surface area contributed by atoms with Gasteiger partial charge in [-0.05, 0) is 37.1 Å². The number of fused-ring (bicyclic) bond motifs is 1. The molecule has 0 saturated carbocycles. The summed E-state index contributed by atoms with van der Waals surface area (Å²) < 4.78 is 1.92. The van der Waals surface area contributed by atoms with E-state index in [0.717, 1.165) is 48.2 Å². The lowest BCUT2D eigenvalue weighted by atomic mass is 10.1. The van der Waals surface area contributed by atoms with E-state index in [1.807, 2.05) is 66.2 Å². The Balaban J connectivity index is 1.61. The summed E-state index contributed by atoms with van der Waals surface area (Å²) in [6.07, 6.45) is 1.29. The van der Waals surface area contributed by atoms with E-state index in [1.165, 1.54) is 0 Å². The fourth-order valence-corrected chi connectivity index (χ4v) is 3.65. The van der Waals surface area contributed by atoms with E-state index in [2.05, 4.69) is 10.2 Å². The molecule has 2 aromatic carbocycles. The van der Waals surface area contributed by atoms with Gasteiger partial charge in [-0.3, -0.25) is 4.79 Å². The fourth-order valence-electron chi connectivity index (χ4n) is 3.65. The molecule has 2 heterocycles. The minimum atomic E-state index is -0.219. The maximum absolute atomic E-state index is 12.9. The Labute approximate surface area is 152 Å². The lowest BCUT2D eigenvalue weighted by Gasteiger charge is -2.32. The van der Waals surface area contributed by atoms with Crippen LogP contribution >= 0.6 is 0 Å². The number of aromatic nitrogens is 1. The zero-order valence-corrected chi connectivity index (χ0v) is 14.9. The van der Waals surface area contributed by atoms with Gasteiger partial charge in [0.25, 0.3) is 5.91 Å². The van der Waals surface area contributed by atoms with Crippen molar-refractivity contribution in [2.45, 2.75) is 18.9 Å². The Bertz CT molecular complexity index is 939. The van der Waals surface area contributed by atoms with Crippen molar-refractivity contribution >= 4 is 28.2 Å². The second kappa shape index (κ2) is 6.84. The predicted molar refractivity (Wildman–Crippen MR) is 105 cm³/mol. The molecule has 0 atom stereocenters. The second-order valence-corrected chi connectivity index (χ2v) is 6.84. The Kier molecular flexibility index (Phi) is 4.39. The Morgan fingerprint density at radius 1 is 1.08 bits per heavy atom. The largest absolute Gasteiger partial charge is 0.393 e. The van der Waals surface area contributed by atoms with Crippen molar-refractivity contribution in [2.24, 2.45) is 7.05 Å². The molecule has 1 fully saturated rings. The molecular formula is C21H23N3O2. The van der Waals surface area contributed by atoms with Gasteiger partial charge in [0.05, 0.1) is 17.5 Å². The van der Waals surface area contributed by atoms with Crippen LogP contribution in [0, 0.1) is 0 Å². The van der Waals surface area contributed by atoms with E-state index in [-0.39, 0.29) is 12.0 Å². The number of aliphatic hydroxyl groups excluding tert-OH is 1. The molecule has 26 heavy (non-hydrogen) atoms. The molecule has 3 aromatic rings.